The number of hydrogen-bond acceptors (Lipinski definition) is 5. The molecule has 0 aromatic heterocycles. The molecule has 0 spiro atoms. The lowest BCUT2D eigenvalue weighted by Gasteiger charge is -2.19. The van der Waals surface area contributed by atoms with Crippen LogP contribution in [-0.4, -0.2) is 12.5 Å². The van der Waals surface area contributed by atoms with Crippen LogP contribution in [0.25, 0.3) is 0 Å². The monoisotopic (exact) mass is 224 g/mol. The van der Waals surface area contributed by atoms with Crippen molar-refractivity contribution in [2.24, 2.45) is 23.3 Å². The summed E-state index contributed by atoms with van der Waals surface area (Å²) in [6.45, 7) is 7.51. The van der Waals surface area contributed by atoms with E-state index in [-0.39, 0.29) is 11.8 Å². The van der Waals surface area contributed by atoms with Crippen molar-refractivity contribution in [3.05, 3.63) is 0 Å². The largest absolute Gasteiger partial charge is 0.322 e. The van der Waals surface area contributed by atoms with Crippen LogP contribution in [0.3, 0.4) is 0 Å². The summed E-state index contributed by atoms with van der Waals surface area (Å²) < 4.78 is 21.2. The Hall–Kier alpha value is 0.0700. The van der Waals surface area contributed by atoms with Gasteiger partial charge in [-0.3, -0.25) is 13.6 Å². The fraction of sp³-hybridized carbons (Fsp3) is 1.00. The molecule has 86 valence electrons. The predicted octanol–water partition coefficient (Wildman–Crippen LogP) is 1.29. The van der Waals surface area contributed by atoms with Crippen molar-refractivity contribution in [2.75, 3.05) is 0 Å². The lowest BCUT2D eigenvalue weighted by molar-refractivity contribution is 0.0931. The maximum atomic E-state index is 11.3. The van der Waals surface area contributed by atoms with E-state index >= 15 is 0 Å². The predicted molar refractivity (Wildman–Crippen MR) is 56.8 cm³/mol. The van der Waals surface area contributed by atoms with Crippen LogP contribution in [0, 0.1) is 11.8 Å². The highest BCUT2D eigenvalue weighted by atomic mass is 31.1. The topological polar surface area (TPSA) is 87.6 Å². The zero-order valence-corrected chi connectivity index (χ0v) is 10.2. The first kappa shape index (κ1) is 14.1. The minimum atomic E-state index is -2.58. The van der Waals surface area contributed by atoms with Gasteiger partial charge in [0.05, 0.1) is 0 Å². The molecule has 0 amide bonds. The van der Waals surface area contributed by atoms with Gasteiger partial charge in [0.15, 0.2) is 0 Å². The molecule has 0 heterocycles. The summed E-state index contributed by atoms with van der Waals surface area (Å²) in [6.07, 6.45) is -1.14. The molecular formula is C8H21N2O3P. The number of nitrogens with two attached hydrogens (primary N) is 2. The van der Waals surface area contributed by atoms with Crippen molar-refractivity contribution >= 4 is 8.25 Å². The third kappa shape index (κ3) is 5.73. The Labute approximate surface area is 86.1 Å². The highest BCUT2D eigenvalue weighted by Crippen LogP contribution is 2.29. The van der Waals surface area contributed by atoms with E-state index in [0.29, 0.717) is 0 Å². The average Bonchev–Trinajstić information content (AvgIpc) is 2.03. The van der Waals surface area contributed by atoms with Gasteiger partial charge in [-0.2, -0.15) is 0 Å². The van der Waals surface area contributed by atoms with E-state index in [0.717, 1.165) is 0 Å². The van der Waals surface area contributed by atoms with Gasteiger partial charge in [0.2, 0.25) is 0 Å². The van der Waals surface area contributed by atoms with Crippen LogP contribution in [-0.2, 0) is 13.6 Å². The first-order valence-electron chi connectivity index (χ1n) is 4.73. The van der Waals surface area contributed by atoms with Crippen LogP contribution in [0.2, 0.25) is 0 Å². The molecule has 14 heavy (non-hydrogen) atoms. The summed E-state index contributed by atoms with van der Waals surface area (Å²) >= 11 is 0. The summed E-state index contributed by atoms with van der Waals surface area (Å²) in [4.78, 5) is 0. The van der Waals surface area contributed by atoms with Crippen molar-refractivity contribution in [1.82, 2.24) is 0 Å². The van der Waals surface area contributed by atoms with Crippen LogP contribution in [0.5, 0.6) is 0 Å². The Balaban J connectivity index is 3.87. The van der Waals surface area contributed by atoms with Crippen molar-refractivity contribution in [3.63, 3.8) is 0 Å². The van der Waals surface area contributed by atoms with Gasteiger partial charge in [-0.1, -0.05) is 27.7 Å². The van der Waals surface area contributed by atoms with E-state index in [1.54, 1.807) is 0 Å². The number of hydrogen-bond donors (Lipinski definition) is 2. The van der Waals surface area contributed by atoms with E-state index in [1.165, 1.54) is 0 Å². The number of rotatable bonds is 6. The molecule has 0 radical (unpaired) electrons. The van der Waals surface area contributed by atoms with Gasteiger partial charge in [0.1, 0.15) is 12.5 Å². The molecule has 0 aromatic rings. The fourth-order valence-corrected chi connectivity index (χ4v) is 1.57. The van der Waals surface area contributed by atoms with Gasteiger partial charge in [0, 0.05) is 0 Å². The van der Waals surface area contributed by atoms with Gasteiger partial charge >= 0.3 is 8.25 Å². The molecule has 0 aromatic carbocycles. The molecule has 0 saturated heterocycles. The Morgan fingerprint density at radius 1 is 0.929 bits per heavy atom. The molecule has 0 aliphatic heterocycles. The highest BCUT2D eigenvalue weighted by Gasteiger charge is 2.16. The van der Waals surface area contributed by atoms with Crippen LogP contribution in [0.4, 0.5) is 0 Å². The van der Waals surface area contributed by atoms with Gasteiger partial charge < -0.3 is 11.5 Å². The van der Waals surface area contributed by atoms with Crippen LogP contribution >= 0.6 is 8.25 Å². The standard InChI is InChI=1S/C8H21N2O3P/c1-5(2)7(9)12-14(11)13-8(10)6(3)4/h5-8,14H,9-10H2,1-4H3. The van der Waals surface area contributed by atoms with Crippen molar-refractivity contribution in [2.45, 2.75) is 40.2 Å². The first-order chi connectivity index (χ1) is 6.34. The van der Waals surface area contributed by atoms with Crippen LogP contribution < -0.4 is 11.5 Å². The second kappa shape index (κ2) is 6.53. The normalized spacial score (nSPS) is 18.6. The van der Waals surface area contributed by atoms with Crippen LogP contribution in [0.1, 0.15) is 27.7 Å². The minimum absolute atomic E-state index is 0.0998. The van der Waals surface area contributed by atoms with E-state index in [2.05, 4.69) is 0 Å². The Bertz CT molecular complexity index is 169. The van der Waals surface area contributed by atoms with E-state index in [1.807, 2.05) is 27.7 Å². The van der Waals surface area contributed by atoms with Gasteiger partial charge in [-0.05, 0) is 11.8 Å². The van der Waals surface area contributed by atoms with Crippen molar-refractivity contribution in [1.29, 1.82) is 0 Å². The Morgan fingerprint density at radius 3 is 1.43 bits per heavy atom. The second-order valence-electron chi connectivity index (χ2n) is 3.90. The molecule has 0 aliphatic rings. The third-order valence-electron chi connectivity index (χ3n) is 1.78. The van der Waals surface area contributed by atoms with Crippen molar-refractivity contribution < 1.29 is 13.6 Å². The molecule has 2 atom stereocenters. The lowest BCUT2D eigenvalue weighted by atomic mass is 10.2. The van der Waals surface area contributed by atoms with Crippen LogP contribution in [0.15, 0.2) is 0 Å². The minimum Gasteiger partial charge on any atom is -0.305 e. The molecule has 0 saturated carbocycles. The average molecular weight is 224 g/mol. The molecule has 0 rings (SSSR count). The molecule has 6 heteroatoms. The maximum Gasteiger partial charge on any atom is 0.322 e. The van der Waals surface area contributed by atoms with E-state index in [9.17, 15) is 4.57 Å². The van der Waals surface area contributed by atoms with Gasteiger partial charge in [-0.15, -0.1) is 0 Å². The highest BCUT2D eigenvalue weighted by molar-refractivity contribution is 7.33. The van der Waals surface area contributed by atoms with E-state index < -0.39 is 20.7 Å². The third-order valence-corrected chi connectivity index (χ3v) is 2.71. The van der Waals surface area contributed by atoms with Gasteiger partial charge in [0.25, 0.3) is 0 Å². The van der Waals surface area contributed by atoms with Gasteiger partial charge in [-0.25, -0.2) is 0 Å². The lowest BCUT2D eigenvalue weighted by Crippen LogP contribution is -2.30. The smallest absolute Gasteiger partial charge is 0.305 e. The Morgan fingerprint density at radius 2 is 1.21 bits per heavy atom. The maximum absolute atomic E-state index is 11.3. The molecule has 4 N–H and O–H groups in total. The summed E-state index contributed by atoms with van der Waals surface area (Å²) in [5.41, 5.74) is 11.1. The molecule has 2 unspecified atom stereocenters. The quantitative estimate of drug-likeness (QED) is 0.524. The summed E-state index contributed by atoms with van der Waals surface area (Å²) in [5, 5.41) is 0. The summed E-state index contributed by atoms with van der Waals surface area (Å²) in [7, 11) is -2.58. The first-order valence-corrected chi connectivity index (χ1v) is 5.95. The fourth-order valence-electron chi connectivity index (χ4n) is 0.522. The zero-order chi connectivity index (χ0) is 11.3. The molecule has 0 bridgehead atoms. The molecular weight excluding hydrogens is 203 g/mol. The van der Waals surface area contributed by atoms with Crippen molar-refractivity contribution in [3.8, 4) is 0 Å². The Kier molecular flexibility index (Phi) is 6.57. The molecule has 0 aliphatic carbocycles. The zero-order valence-electron chi connectivity index (χ0n) is 9.19. The SMILES string of the molecule is CC(C)C(N)O[PH](=O)OC(N)C(C)C. The van der Waals surface area contributed by atoms with E-state index in [4.69, 9.17) is 20.5 Å². The second-order valence-corrected chi connectivity index (χ2v) is 4.87. The summed E-state index contributed by atoms with van der Waals surface area (Å²) in [6, 6.07) is 0. The molecule has 5 nitrogen and oxygen atoms in total. The summed E-state index contributed by atoms with van der Waals surface area (Å²) in [5.74, 6) is 0.200. The molecule has 0 fully saturated rings.